The van der Waals surface area contributed by atoms with Crippen LogP contribution < -0.4 is 14.5 Å². The average Bonchev–Trinajstić information content (AvgIpc) is 3.93. The molecule has 0 N–H and O–H groups in total. The van der Waals surface area contributed by atoms with Crippen molar-refractivity contribution in [3.63, 3.8) is 0 Å². The van der Waals surface area contributed by atoms with Gasteiger partial charge in [0.2, 0.25) is 0 Å². The van der Waals surface area contributed by atoms with E-state index < -0.39 is 0 Å². The number of ether oxygens (including phenoxy) is 1. The van der Waals surface area contributed by atoms with Crippen LogP contribution in [0.5, 0.6) is 11.5 Å². The number of aromatic nitrogens is 2. The van der Waals surface area contributed by atoms with Gasteiger partial charge < -0.3 is 14.5 Å². The molecular weight excluding hydrogens is 913 g/mol. The average molecular weight is 991 g/mol. The highest BCUT2D eigenvalue weighted by Gasteiger charge is 2.35. The van der Waals surface area contributed by atoms with Crippen LogP contribution in [0.1, 0.15) is 155 Å². The Labute approximate surface area is 448 Å². The van der Waals surface area contributed by atoms with Crippen molar-refractivity contribution in [2.75, 3.05) is 16.5 Å². The van der Waals surface area contributed by atoms with Crippen molar-refractivity contribution in [2.24, 2.45) is 0 Å². The number of pyridine rings is 1. The number of rotatable bonds is 9. The molecule has 10 rings (SSSR count). The molecule has 0 spiro atoms. The minimum Gasteiger partial charge on any atom is -0.457 e. The van der Waals surface area contributed by atoms with Gasteiger partial charge in [-0.3, -0.25) is 4.57 Å². The Morgan fingerprint density at radius 2 is 0.880 bits per heavy atom. The number of hydrogen-bond donors (Lipinski definition) is 0. The predicted molar refractivity (Wildman–Crippen MR) is 319 cm³/mol. The van der Waals surface area contributed by atoms with Gasteiger partial charge >= 0.3 is 0 Å². The standard InChI is InChI=1S/C70H78N4O/c1-65(2,3)48-27-31-60-59(40-48)58-30-29-56(44-62(58)74(60)64-42-50(33-34-71-64)67(7,8)9)75-57-39-53(70(15,16)47-25-21-18-22-26-47)38-55(43-57)72-45-73(63-41-49(66(4,5)6)28-32-61(63)72)54-36-51(68(10,11)12)35-52(37-54)69(13,14)46-23-19-17-20-24-46/h17-44H,45H2,1-16H3. The fraction of sp³-hybridized carbons (Fsp3) is 0.329. The van der Waals surface area contributed by atoms with Crippen LogP contribution in [0.15, 0.2) is 170 Å². The lowest BCUT2D eigenvalue weighted by Crippen LogP contribution is -2.27. The topological polar surface area (TPSA) is 33.5 Å². The minimum atomic E-state index is -0.350. The van der Waals surface area contributed by atoms with Crippen LogP contribution in [0.4, 0.5) is 22.7 Å². The molecule has 1 aliphatic rings. The summed E-state index contributed by atoms with van der Waals surface area (Å²) in [5.41, 5.74) is 16.2. The molecule has 0 saturated carbocycles. The second kappa shape index (κ2) is 18.3. The number of hydrogen-bond acceptors (Lipinski definition) is 4. The quantitative estimate of drug-likeness (QED) is 0.144. The Morgan fingerprint density at radius 1 is 0.360 bits per heavy atom. The van der Waals surface area contributed by atoms with Gasteiger partial charge in [-0.15, -0.1) is 0 Å². The largest absolute Gasteiger partial charge is 0.457 e. The van der Waals surface area contributed by atoms with Gasteiger partial charge in [0.05, 0.1) is 22.4 Å². The van der Waals surface area contributed by atoms with Crippen LogP contribution in [0.25, 0.3) is 27.6 Å². The first-order chi connectivity index (χ1) is 35.2. The molecule has 9 aromatic rings. The van der Waals surface area contributed by atoms with E-state index in [2.05, 4.69) is 289 Å². The van der Waals surface area contributed by atoms with Gasteiger partial charge in [0.1, 0.15) is 24.0 Å². The van der Waals surface area contributed by atoms with Gasteiger partial charge in [-0.2, -0.15) is 0 Å². The fourth-order valence-electron chi connectivity index (χ4n) is 10.9. The first kappa shape index (κ1) is 51.4. The molecule has 0 bridgehead atoms. The first-order valence-electron chi connectivity index (χ1n) is 27.0. The minimum absolute atomic E-state index is 0.00717. The molecule has 1 aliphatic heterocycles. The maximum absolute atomic E-state index is 7.24. The van der Waals surface area contributed by atoms with Gasteiger partial charge in [-0.25, -0.2) is 4.98 Å². The lowest BCUT2D eigenvalue weighted by molar-refractivity contribution is 0.480. The zero-order chi connectivity index (χ0) is 53.6. The van der Waals surface area contributed by atoms with E-state index in [-0.39, 0.29) is 32.5 Å². The van der Waals surface area contributed by atoms with E-state index in [0.29, 0.717) is 6.67 Å². The number of nitrogens with zero attached hydrogens (tertiary/aromatic N) is 4. The van der Waals surface area contributed by atoms with Crippen molar-refractivity contribution >= 4 is 44.6 Å². The Kier molecular flexibility index (Phi) is 12.6. The second-order valence-electron chi connectivity index (χ2n) is 26.4. The number of benzene rings is 7. The SMILES string of the molecule is CC(C)(C)c1cc(N2CN(c3cc(Oc4ccc5c6cc(C(C)(C)C)ccc6n(-c6cc(C(C)(C)C)ccn6)c5c4)cc(C(C)(C)c4ccccc4)c3)c3ccc(C(C)(C)C)cc32)cc(C(C)(C)c2ccccc2)c1. The summed E-state index contributed by atoms with van der Waals surface area (Å²) in [6.07, 6.45) is 1.95. The van der Waals surface area contributed by atoms with Gasteiger partial charge in [0.25, 0.3) is 0 Å². The fourth-order valence-corrected chi connectivity index (χ4v) is 10.9. The van der Waals surface area contributed by atoms with Crippen LogP contribution in [0.3, 0.4) is 0 Å². The van der Waals surface area contributed by atoms with E-state index >= 15 is 0 Å². The summed E-state index contributed by atoms with van der Waals surface area (Å²) in [6.45, 7) is 37.5. The van der Waals surface area contributed by atoms with E-state index in [1.165, 1.54) is 72.3 Å². The molecule has 0 saturated heterocycles. The maximum Gasteiger partial charge on any atom is 0.137 e. The van der Waals surface area contributed by atoms with Crippen molar-refractivity contribution < 1.29 is 4.74 Å². The molecule has 5 heteroatoms. The normalized spacial score (nSPS) is 13.8. The molecule has 5 nitrogen and oxygen atoms in total. The Bertz CT molecular complexity index is 3590. The zero-order valence-corrected chi connectivity index (χ0v) is 47.6. The summed E-state index contributed by atoms with van der Waals surface area (Å²) in [4.78, 5) is 10.1. The molecular formula is C70H78N4O. The van der Waals surface area contributed by atoms with Crippen molar-refractivity contribution in [3.8, 4) is 17.3 Å². The maximum atomic E-state index is 7.24. The van der Waals surface area contributed by atoms with E-state index in [0.717, 1.165) is 34.0 Å². The Morgan fingerprint density at radius 3 is 1.48 bits per heavy atom. The van der Waals surface area contributed by atoms with Gasteiger partial charge in [0.15, 0.2) is 0 Å². The molecule has 384 valence electrons. The summed E-state index contributed by atoms with van der Waals surface area (Å²) in [7, 11) is 0. The molecule has 0 aliphatic carbocycles. The molecule has 0 atom stereocenters. The van der Waals surface area contributed by atoms with Crippen molar-refractivity contribution in [1.29, 1.82) is 0 Å². The van der Waals surface area contributed by atoms with E-state index in [9.17, 15) is 0 Å². The highest BCUT2D eigenvalue weighted by atomic mass is 16.5. The van der Waals surface area contributed by atoms with Crippen LogP contribution in [0.2, 0.25) is 0 Å². The van der Waals surface area contributed by atoms with E-state index in [4.69, 9.17) is 9.72 Å². The monoisotopic (exact) mass is 991 g/mol. The molecule has 2 aromatic heterocycles. The number of anilines is 4. The third kappa shape index (κ3) is 9.76. The summed E-state index contributed by atoms with van der Waals surface area (Å²) in [5.74, 6) is 2.44. The van der Waals surface area contributed by atoms with Gasteiger partial charge in [-0.05, 0) is 139 Å². The lowest BCUT2D eigenvalue weighted by Gasteiger charge is -2.32. The van der Waals surface area contributed by atoms with Crippen LogP contribution in [-0.4, -0.2) is 16.2 Å². The lowest BCUT2D eigenvalue weighted by atomic mass is 9.75. The smallest absolute Gasteiger partial charge is 0.137 e. The van der Waals surface area contributed by atoms with Crippen LogP contribution >= 0.6 is 0 Å². The second-order valence-corrected chi connectivity index (χ2v) is 26.4. The highest BCUT2D eigenvalue weighted by Crippen LogP contribution is 2.50. The summed E-state index contributed by atoms with van der Waals surface area (Å²) in [5, 5.41) is 2.37. The molecule has 7 aromatic carbocycles. The molecule has 0 unspecified atom stereocenters. The number of fused-ring (bicyclic) bond motifs is 4. The van der Waals surface area contributed by atoms with Crippen molar-refractivity contribution in [1.82, 2.24) is 9.55 Å². The Hall–Kier alpha value is -7.11. The summed E-state index contributed by atoms with van der Waals surface area (Å²) >= 11 is 0. The molecule has 0 radical (unpaired) electrons. The van der Waals surface area contributed by atoms with Crippen molar-refractivity contribution in [3.05, 3.63) is 214 Å². The third-order valence-corrected chi connectivity index (χ3v) is 16.1. The van der Waals surface area contributed by atoms with Crippen LogP contribution in [-0.2, 0) is 32.5 Å². The highest BCUT2D eigenvalue weighted by molar-refractivity contribution is 6.10. The molecule has 0 amide bonds. The third-order valence-electron chi connectivity index (χ3n) is 16.1. The van der Waals surface area contributed by atoms with Crippen LogP contribution in [0, 0.1) is 0 Å². The van der Waals surface area contributed by atoms with E-state index in [1.807, 2.05) is 6.20 Å². The molecule has 0 fully saturated rings. The predicted octanol–water partition coefficient (Wildman–Crippen LogP) is 19.1. The zero-order valence-electron chi connectivity index (χ0n) is 47.6. The van der Waals surface area contributed by atoms with E-state index in [1.54, 1.807) is 0 Å². The molecule has 75 heavy (non-hydrogen) atoms. The Balaban J connectivity index is 1.14. The first-order valence-corrected chi connectivity index (χ1v) is 27.0. The van der Waals surface area contributed by atoms with Gasteiger partial charge in [-0.1, -0.05) is 190 Å². The summed E-state index contributed by atoms with van der Waals surface area (Å²) < 4.78 is 9.56. The van der Waals surface area contributed by atoms with Gasteiger partial charge in [0, 0.05) is 51.3 Å². The summed E-state index contributed by atoms with van der Waals surface area (Å²) in [6, 6.07) is 61.0. The van der Waals surface area contributed by atoms with Crippen molar-refractivity contribution in [2.45, 2.75) is 143 Å². The molecule has 3 heterocycles.